The maximum atomic E-state index is 12.6. The Hall–Kier alpha value is -2.22. The first-order valence-electron chi connectivity index (χ1n) is 8.57. The van der Waals surface area contributed by atoms with E-state index in [2.05, 4.69) is 21.2 Å². The van der Waals surface area contributed by atoms with Gasteiger partial charge in [0.1, 0.15) is 5.78 Å². The summed E-state index contributed by atoms with van der Waals surface area (Å²) in [4.78, 5) is 48.4. The summed E-state index contributed by atoms with van der Waals surface area (Å²) in [5.74, 6) is -2.28. The van der Waals surface area contributed by atoms with Crippen molar-refractivity contribution < 1.29 is 28.7 Å². The van der Waals surface area contributed by atoms with Crippen molar-refractivity contribution in [3.8, 4) is 0 Å². The number of amides is 1. The number of Topliss-reactive ketones (excluding diaryl/α,β-unsaturated/α-hetero) is 1. The average molecular weight is 442 g/mol. The van der Waals surface area contributed by atoms with Gasteiger partial charge in [-0.05, 0) is 25.0 Å². The van der Waals surface area contributed by atoms with Gasteiger partial charge in [-0.15, -0.1) is 0 Å². The topological polar surface area (TPSA) is 98.8 Å². The number of esters is 2. The highest BCUT2D eigenvalue weighted by molar-refractivity contribution is 9.09. The molecule has 0 aromatic heterocycles. The number of alkyl halides is 1. The van der Waals surface area contributed by atoms with Crippen LogP contribution in [-0.2, 0) is 41.5 Å². The Balaban J connectivity index is 3.21. The lowest BCUT2D eigenvalue weighted by atomic mass is 9.89. The molecule has 1 aromatic carbocycles. The van der Waals surface area contributed by atoms with Crippen LogP contribution in [0.25, 0.3) is 0 Å². The molecule has 0 aliphatic carbocycles. The standard InChI is InChI=1S/C19H24BrNO6/c1-4-26-17(24)19(21-13(3)22,18(25)27-5-2)11-15-8-6-14(7-9-15)10-16(23)12-20/h6-9H,4-5,10-12H2,1-3H3,(H,21,22). The van der Waals surface area contributed by atoms with E-state index in [1.54, 1.807) is 38.1 Å². The van der Waals surface area contributed by atoms with Crippen molar-refractivity contribution >= 4 is 39.6 Å². The van der Waals surface area contributed by atoms with E-state index < -0.39 is 23.4 Å². The number of benzene rings is 1. The predicted octanol–water partition coefficient (Wildman–Crippen LogP) is 1.74. The molecule has 0 atom stereocenters. The van der Waals surface area contributed by atoms with E-state index in [0.29, 0.717) is 5.56 Å². The second kappa shape index (κ2) is 10.8. The minimum Gasteiger partial charge on any atom is -0.464 e. The first kappa shape index (κ1) is 22.8. The number of ether oxygens (including phenoxy) is 2. The minimum absolute atomic E-state index is 0.0355. The minimum atomic E-state index is -1.97. The maximum Gasteiger partial charge on any atom is 0.344 e. The monoisotopic (exact) mass is 441 g/mol. The summed E-state index contributed by atoms with van der Waals surface area (Å²) >= 11 is 3.12. The molecule has 0 bridgehead atoms. The van der Waals surface area contributed by atoms with Crippen molar-refractivity contribution in [1.29, 1.82) is 0 Å². The summed E-state index contributed by atoms with van der Waals surface area (Å²) in [6.07, 6.45) is 0.148. The summed E-state index contributed by atoms with van der Waals surface area (Å²) in [5, 5.41) is 2.69. The van der Waals surface area contributed by atoms with E-state index in [9.17, 15) is 19.2 Å². The van der Waals surface area contributed by atoms with Crippen molar-refractivity contribution in [3.05, 3.63) is 35.4 Å². The molecular formula is C19H24BrNO6. The van der Waals surface area contributed by atoms with Gasteiger partial charge < -0.3 is 14.8 Å². The Morgan fingerprint density at radius 3 is 1.85 bits per heavy atom. The molecule has 27 heavy (non-hydrogen) atoms. The summed E-state index contributed by atoms with van der Waals surface area (Å²) in [6, 6.07) is 6.88. The largest absolute Gasteiger partial charge is 0.464 e. The van der Waals surface area contributed by atoms with Gasteiger partial charge >= 0.3 is 11.9 Å². The van der Waals surface area contributed by atoms with Gasteiger partial charge in [0, 0.05) is 19.8 Å². The number of hydrogen-bond donors (Lipinski definition) is 1. The van der Waals surface area contributed by atoms with Gasteiger partial charge in [-0.2, -0.15) is 0 Å². The van der Waals surface area contributed by atoms with Crippen LogP contribution in [0.2, 0.25) is 0 Å². The van der Waals surface area contributed by atoms with Crippen molar-refractivity contribution in [1.82, 2.24) is 5.32 Å². The number of hydrogen-bond acceptors (Lipinski definition) is 6. The molecule has 1 amide bonds. The third-order valence-corrected chi connectivity index (χ3v) is 4.31. The molecule has 7 nitrogen and oxygen atoms in total. The highest BCUT2D eigenvalue weighted by Crippen LogP contribution is 2.20. The van der Waals surface area contributed by atoms with Crippen LogP contribution in [0.15, 0.2) is 24.3 Å². The second-order valence-electron chi connectivity index (χ2n) is 5.87. The molecular weight excluding hydrogens is 418 g/mol. The molecule has 1 aromatic rings. The molecule has 1 rings (SSSR count). The van der Waals surface area contributed by atoms with Crippen LogP contribution < -0.4 is 5.32 Å². The Labute approximate surface area is 166 Å². The number of ketones is 1. The van der Waals surface area contributed by atoms with Gasteiger partial charge in [-0.3, -0.25) is 9.59 Å². The Morgan fingerprint density at radius 1 is 0.963 bits per heavy atom. The van der Waals surface area contributed by atoms with Crippen LogP contribution >= 0.6 is 15.9 Å². The number of rotatable bonds is 10. The average Bonchev–Trinajstić information content (AvgIpc) is 2.62. The van der Waals surface area contributed by atoms with E-state index in [1.165, 1.54) is 6.92 Å². The van der Waals surface area contributed by atoms with Crippen LogP contribution in [0.3, 0.4) is 0 Å². The van der Waals surface area contributed by atoms with E-state index in [-0.39, 0.29) is 37.2 Å². The quantitative estimate of drug-likeness (QED) is 0.337. The van der Waals surface area contributed by atoms with Gasteiger partial charge in [0.05, 0.1) is 18.5 Å². The first-order chi connectivity index (χ1) is 12.8. The first-order valence-corrected chi connectivity index (χ1v) is 9.69. The maximum absolute atomic E-state index is 12.6. The molecule has 0 aliphatic heterocycles. The molecule has 0 saturated heterocycles. The Bertz CT molecular complexity index is 668. The molecule has 0 heterocycles. The molecule has 0 unspecified atom stereocenters. The van der Waals surface area contributed by atoms with Crippen LogP contribution in [0.4, 0.5) is 0 Å². The van der Waals surface area contributed by atoms with Crippen LogP contribution in [-0.4, -0.2) is 47.7 Å². The second-order valence-corrected chi connectivity index (χ2v) is 6.43. The summed E-state index contributed by atoms with van der Waals surface area (Å²) < 4.78 is 10.1. The van der Waals surface area contributed by atoms with E-state index in [1.807, 2.05) is 0 Å². The molecule has 148 valence electrons. The molecule has 0 saturated carbocycles. The van der Waals surface area contributed by atoms with Crippen molar-refractivity contribution in [2.45, 2.75) is 39.2 Å². The highest BCUT2D eigenvalue weighted by Gasteiger charge is 2.50. The molecule has 0 radical (unpaired) electrons. The fourth-order valence-electron chi connectivity index (χ4n) is 2.54. The van der Waals surface area contributed by atoms with E-state index >= 15 is 0 Å². The van der Waals surface area contributed by atoms with Gasteiger partial charge in [-0.1, -0.05) is 40.2 Å². The van der Waals surface area contributed by atoms with Crippen LogP contribution in [0.1, 0.15) is 31.9 Å². The molecule has 0 aliphatic rings. The molecule has 8 heteroatoms. The molecule has 0 fully saturated rings. The van der Waals surface area contributed by atoms with Gasteiger partial charge in [0.15, 0.2) is 0 Å². The summed E-state index contributed by atoms with van der Waals surface area (Å²) in [6.45, 7) is 4.52. The van der Waals surface area contributed by atoms with Crippen molar-refractivity contribution in [3.63, 3.8) is 0 Å². The lowest BCUT2D eigenvalue weighted by molar-refractivity contribution is -0.168. The van der Waals surface area contributed by atoms with Gasteiger partial charge in [0.2, 0.25) is 11.4 Å². The zero-order valence-electron chi connectivity index (χ0n) is 15.7. The third-order valence-electron chi connectivity index (χ3n) is 3.68. The number of carbonyl (C=O) groups excluding carboxylic acids is 4. The number of halogens is 1. The lowest BCUT2D eigenvalue weighted by Gasteiger charge is -2.29. The predicted molar refractivity (Wildman–Crippen MR) is 102 cm³/mol. The Morgan fingerprint density at radius 2 is 1.44 bits per heavy atom. The molecule has 1 N–H and O–H groups in total. The van der Waals surface area contributed by atoms with Crippen molar-refractivity contribution in [2.75, 3.05) is 18.5 Å². The fraction of sp³-hybridized carbons (Fsp3) is 0.474. The lowest BCUT2D eigenvalue weighted by Crippen LogP contribution is -2.62. The SMILES string of the molecule is CCOC(=O)C(Cc1ccc(CC(=O)CBr)cc1)(NC(C)=O)C(=O)OCC. The Kier molecular flexibility index (Phi) is 9.14. The van der Waals surface area contributed by atoms with Crippen molar-refractivity contribution in [2.24, 2.45) is 0 Å². The fourth-order valence-corrected chi connectivity index (χ4v) is 2.74. The van der Waals surface area contributed by atoms with Crippen LogP contribution in [0, 0.1) is 0 Å². The van der Waals surface area contributed by atoms with E-state index in [4.69, 9.17) is 9.47 Å². The zero-order valence-corrected chi connectivity index (χ0v) is 17.3. The molecule has 0 spiro atoms. The van der Waals surface area contributed by atoms with Crippen LogP contribution in [0.5, 0.6) is 0 Å². The summed E-state index contributed by atoms with van der Waals surface area (Å²) in [7, 11) is 0. The third kappa shape index (κ3) is 6.46. The zero-order chi connectivity index (χ0) is 20.4. The van der Waals surface area contributed by atoms with Gasteiger partial charge in [0.25, 0.3) is 0 Å². The van der Waals surface area contributed by atoms with Gasteiger partial charge in [-0.25, -0.2) is 9.59 Å². The highest BCUT2D eigenvalue weighted by atomic mass is 79.9. The normalized spacial score (nSPS) is 10.8. The number of carbonyl (C=O) groups is 4. The number of nitrogens with one attached hydrogen (secondary N) is 1. The smallest absolute Gasteiger partial charge is 0.344 e. The summed E-state index contributed by atoms with van der Waals surface area (Å²) in [5.41, 5.74) is -0.550. The van der Waals surface area contributed by atoms with E-state index in [0.717, 1.165) is 5.56 Å².